The number of hydrogen-bond donors (Lipinski definition) is 1. The first-order chi connectivity index (χ1) is 3.43. The molecule has 0 aliphatic heterocycles. The smallest absolute Gasteiger partial charge is 0.0466 e. The maximum absolute atomic E-state index is 7.97. The van der Waals surface area contributed by atoms with Crippen molar-refractivity contribution in [2.45, 2.75) is 19.3 Å². The van der Waals surface area contributed by atoms with Crippen molar-refractivity contribution in [3.05, 3.63) is 0 Å². The van der Waals surface area contributed by atoms with Gasteiger partial charge in [0.1, 0.15) is 0 Å². The van der Waals surface area contributed by atoms with Crippen LogP contribution in [0.15, 0.2) is 5.16 Å². The maximum atomic E-state index is 7.97. The minimum Gasteiger partial charge on any atom is -0.411 e. The zero-order chi connectivity index (χ0) is 5.11. The molecule has 0 bridgehead atoms. The second-order valence-electron chi connectivity index (χ2n) is 1.96. The van der Waals surface area contributed by atoms with Crippen LogP contribution >= 0.6 is 0 Å². The molecule has 40 valence electrons. The first-order valence-electron chi connectivity index (χ1n) is 2.61. The van der Waals surface area contributed by atoms with Crippen molar-refractivity contribution in [2.24, 2.45) is 11.1 Å². The van der Waals surface area contributed by atoms with Crippen molar-refractivity contribution < 1.29 is 5.21 Å². The van der Waals surface area contributed by atoms with Gasteiger partial charge in [-0.2, -0.15) is 0 Å². The molecule has 0 amide bonds. The minimum atomic E-state index is 0.588. The minimum absolute atomic E-state index is 0.588. The Morgan fingerprint density at radius 3 is 2.43 bits per heavy atom. The fourth-order valence-electron chi connectivity index (χ4n) is 0.683. The third kappa shape index (κ3) is 0.918. The molecule has 2 heteroatoms. The summed E-state index contributed by atoms with van der Waals surface area (Å²) in [5.41, 5.74) is 0. The lowest BCUT2D eigenvalue weighted by Gasteiger charge is -2.19. The number of nitrogens with zero attached hydrogens (tertiary/aromatic N) is 1. The van der Waals surface area contributed by atoms with E-state index in [0.717, 1.165) is 0 Å². The van der Waals surface area contributed by atoms with Gasteiger partial charge in [0.05, 0.1) is 0 Å². The van der Waals surface area contributed by atoms with Gasteiger partial charge in [0.2, 0.25) is 0 Å². The van der Waals surface area contributed by atoms with Crippen molar-refractivity contribution in [3.8, 4) is 0 Å². The van der Waals surface area contributed by atoms with Crippen LogP contribution in [0, 0.1) is 5.92 Å². The first kappa shape index (κ1) is 4.62. The van der Waals surface area contributed by atoms with E-state index < -0.39 is 0 Å². The fraction of sp³-hybridized carbons (Fsp3) is 0.800. The highest BCUT2D eigenvalue weighted by Crippen LogP contribution is 2.23. The molecule has 0 aromatic carbocycles. The van der Waals surface area contributed by atoms with Crippen LogP contribution in [0.1, 0.15) is 19.3 Å². The van der Waals surface area contributed by atoms with E-state index in [1.165, 1.54) is 19.3 Å². The zero-order valence-electron chi connectivity index (χ0n) is 4.17. The molecule has 0 atom stereocenters. The predicted molar refractivity (Wildman–Crippen MR) is 27.6 cm³/mol. The molecular weight excluding hydrogens is 90.1 g/mol. The molecule has 1 rings (SSSR count). The van der Waals surface area contributed by atoms with E-state index in [1.54, 1.807) is 6.21 Å². The Bertz CT molecular complexity index is 76.1. The van der Waals surface area contributed by atoms with E-state index in [4.69, 9.17) is 5.21 Å². The van der Waals surface area contributed by atoms with Crippen LogP contribution in [-0.2, 0) is 0 Å². The Hall–Kier alpha value is -0.530. The van der Waals surface area contributed by atoms with Gasteiger partial charge in [-0.05, 0) is 18.8 Å². The van der Waals surface area contributed by atoms with Gasteiger partial charge in [-0.15, -0.1) is 5.16 Å². The van der Waals surface area contributed by atoms with Gasteiger partial charge in [0.25, 0.3) is 0 Å². The molecule has 0 heterocycles. The van der Waals surface area contributed by atoms with Crippen LogP contribution in [0.2, 0.25) is 0 Å². The van der Waals surface area contributed by atoms with Gasteiger partial charge >= 0.3 is 0 Å². The Kier molecular flexibility index (Phi) is 1.29. The number of hydrogen-bond acceptors (Lipinski definition) is 2. The van der Waals surface area contributed by atoms with Crippen LogP contribution in [-0.4, -0.2) is 11.4 Å². The average Bonchev–Trinajstić information content (AvgIpc) is 1.55. The Morgan fingerprint density at radius 2 is 2.29 bits per heavy atom. The van der Waals surface area contributed by atoms with Crippen LogP contribution in [0.5, 0.6) is 0 Å². The van der Waals surface area contributed by atoms with Crippen LogP contribution in [0.3, 0.4) is 0 Å². The SMILES string of the molecule is O/N=C\C1CCC1. The largest absolute Gasteiger partial charge is 0.411 e. The third-order valence-electron chi connectivity index (χ3n) is 1.43. The summed E-state index contributed by atoms with van der Waals surface area (Å²) >= 11 is 0. The molecule has 0 spiro atoms. The fourth-order valence-corrected chi connectivity index (χ4v) is 0.683. The van der Waals surface area contributed by atoms with Crippen molar-refractivity contribution >= 4 is 6.21 Å². The normalized spacial score (nSPS) is 22.9. The van der Waals surface area contributed by atoms with Crippen LogP contribution in [0.25, 0.3) is 0 Å². The number of rotatable bonds is 1. The quantitative estimate of drug-likeness (QED) is 0.299. The summed E-state index contributed by atoms with van der Waals surface area (Å²) in [5, 5.41) is 10.9. The third-order valence-corrected chi connectivity index (χ3v) is 1.43. The van der Waals surface area contributed by atoms with E-state index in [0.29, 0.717) is 5.92 Å². The molecule has 0 radical (unpaired) electrons. The summed E-state index contributed by atoms with van der Waals surface area (Å²) in [4.78, 5) is 0. The summed E-state index contributed by atoms with van der Waals surface area (Å²) in [6.45, 7) is 0. The maximum Gasteiger partial charge on any atom is 0.0466 e. The monoisotopic (exact) mass is 99.1 g/mol. The molecule has 0 aromatic rings. The van der Waals surface area contributed by atoms with Gasteiger partial charge in [0.15, 0.2) is 0 Å². The lowest BCUT2D eigenvalue weighted by atomic mass is 9.87. The molecule has 1 fully saturated rings. The van der Waals surface area contributed by atoms with Gasteiger partial charge in [-0.3, -0.25) is 0 Å². The van der Waals surface area contributed by atoms with Crippen molar-refractivity contribution in [1.29, 1.82) is 0 Å². The highest BCUT2D eigenvalue weighted by molar-refractivity contribution is 5.60. The molecule has 0 saturated heterocycles. The van der Waals surface area contributed by atoms with Crippen LogP contribution in [0.4, 0.5) is 0 Å². The second-order valence-corrected chi connectivity index (χ2v) is 1.96. The van der Waals surface area contributed by atoms with Gasteiger partial charge < -0.3 is 5.21 Å². The van der Waals surface area contributed by atoms with Crippen LogP contribution < -0.4 is 0 Å². The molecule has 1 aliphatic carbocycles. The van der Waals surface area contributed by atoms with Crippen molar-refractivity contribution in [2.75, 3.05) is 0 Å². The Morgan fingerprint density at radius 1 is 1.57 bits per heavy atom. The Labute approximate surface area is 42.8 Å². The predicted octanol–water partition coefficient (Wildman–Crippen LogP) is 1.25. The average molecular weight is 99.1 g/mol. The second kappa shape index (κ2) is 1.96. The zero-order valence-corrected chi connectivity index (χ0v) is 4.17. The summed E-state index contributed by atoms with van der Waals surface area (Å²) in [6.07, 6.45) is 5.34. The lowest BCUT2D eigenvalue weighted by molar-refractivity contribution is 0.310. The molecule has 1 N–H and O–H groups in total. The molecule has 7 heavy (non-hydrogen) atoms. The molecule has 2 nitrogen and oxygen atoms in total. The van der Waals surface area contributed by atoms with E-state index in [9.17, 15) is 0 Å². The van der Waals surface area contributed by atoms with E-state index in [2.05, 4.69) is 5.16 Å². The molecule has 0 aromatic heterocycles. The topological polar surface area (TPSA) is 32.6 Å². The van der Waals surface area contributed by atoms with Crippen molar-refractivity contribution in [3.63, 3.8) is 0 Å². The first-order valence-corrected chi connectivity index (χ1v) is 2.61. The van der Waals surface area contributed by atoms with E-state index in [1.807, 2.05) is 0 Å². The van der Waals surface area contributed by atoms with E-state index in [-0.39, 0.29) is 0 Å². The number of oxime groups is 1. The highest BCUT2D eigenvalue weighted by atomic mass is 16.4. The van der Waals surface area contributed by atoms with Gasteiger partial charge in [-0.1, -0.05) is 6.42 Å². The molecular formula is C5H9NO. The van der Waals surface area contributed by atoms with E-state index >= 15 is 0 Å². The van der Waals surface area contributed by atoms with Gasteiger partial charge in [0, 0.05) is 6.21 Å². The molecule has 1 aliphatic rings. The molecule has 0 unspecified atom stereocenters. The summed E-state index contributed by atoms with van der Waals surface area (Å²) in [6, 6.07) is 0. The lowest BCUT2D eigenvalue weighted by Crippen LogP contribution is -2.11. The van der Waals surface area contributed by atoms with Crippen molar-refractivity contribution in [1.82, 2.24) is 0 Å². The molecule has 1 saturated carbocycles. The standard InChI is InChI=1S/C5H9NO/c7-6-4-5-2-1-3-5/h4-5,7H,1-3H2/b6-4-. The highest BCUT2D eigenvalue weighted by Gasteiger charge is 2.14. The summed E-state index contributed by atoms with van der Waals surface area (Å²) in [5.74, 6) is 0.588. The summed E-state index contributed by atoms with van der Waals surface area (Å²) in [7, 11) is 0. The Balaban J connectivity index is 2.14. The summed E-state index contributed by atoms with van der Waals surface area (Å²) < 4.78 is 0. The van der Waals surface area contributed by atoms with Gasteiger partial charge in [-0.25, -0.2) is 0 Å².